The molecule has 0 aromatic heterocycles. The molecule has 1 aromatic carbocycles. The number of hydrogen-bond acceptors (Lipinski definition) is 4. The van der Waals surface area contributed by atoms with Gasteiger partial charge in [-0.3, -0.25) is 0 Å². The van der Waals surface area contributed by atoms with E-state index in [1.54, 1.807) is 0 Å². The fourth-order valence-corrected chi connectivity index (χ4v) is 2.56. The lowest BCUT2D eigenvalue weighted by atomic mass is 10.0. The predicted molar refractivity (Wildman–Crippen MR) is 69.4 cm³/mol. The van der Waals surface area contributed by atoms with Crippen molar-refractivity contribution in [1.29, 1.82) is 0 Å². The normalized spacial score (nSPS) is 20.7. The van der Waals surface area contributed by atoms with E-state index in [1.807, 2.05) is 12.1 Å². The third kappa shape index (κ3) is 2.35. The van der Waals surface area contributed by atoms with E-state index >= 15 is 0 Å². The monoisotopic (exact) mass is 335 g/mol. The van der Waals surface area contributed by atoms with E-state index in [4.69, 9.17) is 14.2 Å². The molecule has 1 saturated heterocycles. The number of rotatable bonds is 1. The summed E-state index contributed by atoms with van der Waals surface area (Å²) in [6.07, 6.45) is 0.357. The standard InChI is InChI=1S/C11H10BrNO4.ClH/c12-7-4-10-9(16-5-17-10)3-6(7)8-1-2-15-11(14)13-8;/h3-4,8H,1-2,5H2,(H,13,14);1H/t8-;/m0./s1. The van der Waals surface area contributed by atoms with Crippen molar-refractivity contribution in [1.82, 2.24) is 5.32 Å². The van der Waals surface area contributed by atoms with Crippen LogP contribution >= 0.6 is 28.3 Å². The molecule has 2 aliphatic rings. The highest BCUT2D eigenvalue weighted by molar-refractivity contribution is 9.10. The van der Waals surface area contributed by atoms with Crippen LogP contribution in [0.1, 0.15) is 18.0 Å². The summed E-state index contributed by atoms with van der Waals surface area (Å²) < 4.78 is 16.3. The minimum absolute atomic E-state index is 0. The zero-order valence-corrected chi connectivity index (χ0v) is 11.7. The highest BCUT2D eigenvalue weighted by Crippen LogP contribution is 2.40. The molecule has 18 heavy (non-hydrogen) atoms. The van der Waals surface area contributed by atoms with Gasteiger partial charge in [-0.2, -0.15) is 0 Å². The van der Waals surface area contributed by atoms with Crippen molar-refractivity contribution in [2.45, 2.75) is 12.5 Å². The van der Waals surface area contributed by atoms with E-state index in [9.17, 15) is 4.79 Å². The first-order valence-corrected chi connectivity index (χ1v) is 6.05. The van der Waals surface area contributed by atoms with Gasteiger partial charge in [0, 0.05) is 10.9 Å². The molecule has 5 nitrogen and oxygen atoms in total. The third-order valence-electron chi connectivity index (χ3n) is 2.80. The maximum atomic E-state index is 11.2. The molecule has 2 aliphatic heterocycles. The van der Waals surface area contributed by atoms with E-state index in [0.29, 0.717) is 12.4 Å². The van der Waals surface area contributed by atoms with Gasteiger partial charge in [-0.25, -0.2) is 4.79 Å². The summed E-state index contributed by atoms with van der Waals surface area (Å²) in [6.45, 7) is 0.669. The molecular formula is C11H11BrClNO4. The van der Waals surface area contributed by atoms with Crippen LogP contribution in [0.25, 0.3) is 0 Å². The molecule has 1 fully saturated rings. The van der Waals surface area contributed by atoms with Crippen LogP contribution in [-0.4, -0.2) is 19.5 Å². The molecular weight excluding hydrogens is 325 g/mol. The number of fused-ring (bicyclic) bond motifs is 1. The number of amides is 1. The molecule has 2 heterocycles. The van der Waals surface area contributed by atoms with Crippen molar-refractivity contribution in [3.8, 4) is 11.5 Å². The number of benzene rings is 1. The van der Waals surface area contributed by atoms with Crippen LogP contribution in [0, 0.1) is 0 Å². The number of halogens is 2. The summed E-state index contributed by atoms with van der Waals surface area (Å²) in [5.41, 5.74) is 0.978. The minimum Gasteiger partial charge on any atom is -0.454 e. The van der Waals surface area contributed by atoms with Gasteiger partial charge in [0.15, 0.2) is 11.5 Å². The number of cyclic esters (lactones) is 1. The number of carbonyl (C=O) groups is 1. The average Bonchev–Trinajstić information content (AvgIpc) is 2.75. The fraction of sp³-hybridized carbons (Fsp3) is 0.364. The van der Waals surface area contributed by atoms with Crippen LogP contribution in [-0.2, 0) is 4.74 Å². The molecule has 0 radical (unpaired) electrons. The van der Waals surface area contributed by atoms with Crippen molar-refractivity contribution >= 4 is 34.4 Å². The first-order chi connectivity index (χ1) is 8.24. The van der Waals surface area contributed by atoms with Gasteiger partial charge >= 0.3 is 6.09 Å². The van der Waals surface area contributed by atoms with E-state index in [1.165, 1.54) is 0 Å². The van der Waals surface area contributed by atoms with Gasteiger partial charge in [0.05, 0.1) is 12.6 Å². The molecule has 0 saturated carbocycles. The number of hydrogen-bond donors (Lipinski definition) is 1. The number of carbonyl (C=O) groups excluding carboxylic acids is 1. The molecule has 1 N–H and O–H groups in total. The van der Waals surface area contributed by atoms with Crippen molar-refractivity contribution in [2.75, 3.05) is 13.4 Å². The summed E-state index contributed by atoms with van der Waals surface area (Å²) in [5, 5.41) is 2.78. The lowest BCUT2D eigenvalue weighted by Gasteiger charge is -2.24. The van der Waals surface area contributed by atoms with Crippen LogP contribution in [0.3, 0.4) is 0 Å². The average molecular weight is 337 g/mol. The molecule has 1 atom stereocenters. The lowest BCUT2D eigenvalue weighted by molar-refractivity contribution is 0.115. The molecule has 0 spiro atoms. The number of ether oxygens (including phenoxy) is 3. The lowest BCUT2D eigenvalue weighted by Crippen LogP contribution is -2.35. The molecule has 1 amide bonds. The van der Waals surface area contributed by atoms with Crippen LogP contribution < -0.4 is 14.8 Å². The second-order valence-electron chi connectivity index (χ2n) is 3.85. The smallest absolute Gasteiger partial charge is 0.407 e. The maximum Gasteiger partial charge on any atom is 0.407 e. The number of nitrogens with one attached hydrogen (secondary N) is 1. The second kappa shape index (κ2) is 5.24. The van der Waals surface area contributed by atoms with Crippen molar-refractivity contribution in [3.05, 3.63) is 22.2 Å². The Morgan fingerprint density at radius 1 is 1.22 bits per heavy atom. The third-order valence-corrected chi connectivity index (χ3v) is 3.49. The summed E-state index contributed by atoms with van der Waals surface area (Å²) >= 11 is 3.48. The van der Waals surface area contributed by atoms with Gasteiger partial charge in [-0.05, 0) is 17.7 Å². The summed E-state index contributed by atoms with van der Waals surface area (Å²) in [4.78, 5) is 11.2. The van der Waals surface area contributed by atoms with Crippen LogP contribution in [0.2, 0.25) is 0 Å². The Balaban J connectivity index is 0.00000120. The zero-order chi connectivity index (χ0) is 11.8. The minimum atomic E-state index is -0.384. The van der Waals surface area contributed by atoms with Crippen LogP contribution in [0.4, 0.5) is 4.79 Å². The summed E-state index contributed by atoms with van der Waals surface area (Å²) in [6, 6.07) is 3.70. The molecule has 3 rings (SSSR count). The Kier molecular flexibility index (Phi) is 3.87. The molecule has 0 bridgehead atoms. The first-order valence-electron chi connectivity index (χ1n) is 5.26. The quantitative estimate of drug-likeness (QED) is 0.857. The van der Waals surface area contributed by atoms with Gasteiger partial charge in [0.1, 0.15) is 0 Å². The van der Waals surface area contributed by atoms with Gasteiger partial charge in [-0.1, -0.05) is 15.9 Å². The largest absolute Gasteiger partial charge is 0.454 e. The van der Waals surface area contributed by atoms with Crippen molar-refractivity contribution in [3.63, 3.8) is 0 Å². The highest BCUT2D eigenvalue weighted by Gasteiger charge is 2.25. The molecule has 1 aromatic rings. The van der Waals surface area contributed by atoms with Crippen molar-refractivity contribution < 1.29 is 19.0 Å². The maximum absolute atomic E-state index is 11.2. The fourth-order valence-electron chi connectivity index (χ4n) is 1.96. The van der Waals surface area contributed by atoms with Gasteiger partial charge in [0.25, 0.3) is 0 Å². The Hall–Kier alpha value is -1.14. The van der Waals surface area contributed by atoms with E-state index in [-0.39, 0.29) is 31.3 Å². The van der Waals surface area contributed by atoms with Crippen LogP contribution in [0.15, 0.2) is 16.6 Å². The first kappa shape index (κ1) is 13.3. The molecule has 0 unspecified atom stereocenters. The second-order valence-corrected chi connectivity index (χ2v) is 4.70. The van der Waals surface area contributed by atoms with Gasteiger partial charge < -0.3 is 19.5 Å². The summed E-state index contributed by atoms with van der Waals surface area (Å²) in [5.74, 6) is 1.43. The Morgan fingerprint density at radius 3 is 2.67 bits per heavy atom. The topological polar surface area (TPSA) is 56.8 Å². The molecule has 0 aliphatic carbocycles. The molecule has 98 valence electrons. The predicted octanol–water partition coefficient (Wildman–Crippen LogP) is 2.77. The van der Waals surface area contributed by atoms with Crippen molar-refractivity contribution in [2.24, 2.45) is 0 Å². The van der Waals surface area contributed by atoms with E-state index < -0.39 is 0 Å². The zero-order valence-electron chi connectivity index (χ0n) is 9.27. The summed E-state index contributed by atoms with van der Waals surface area (Å²) in [7, 11) is 0. The van der Waals surface area contributed by atoms with E-state index in [0.717, 1.165) is 22.2 Å². The van der Waals surface area contributed by atoms with Gasteiger partial charge in [-0.15, -0.1) is 12.4 Å². The number of alkyl carbamates (subject to hydrolysis) is 1. The Labute approximate surface area is 118 Å². The SMILES string of the molecule is Cl.O=C1N[C@H](c2cc3c(cc2Br)OCO3)CCO1. The highest BCUT2D eigenvalue weighted by atomic mass is 79.9. The molecule has 7 heteroatoms. The van der Waals surface area contributed by atoms with E-state index in [2.05, 4.69) is 21.2 Å². The Morgan fingerprint density at radius 2 is 1.94 bits per heavy atom. The Bertz CT molecular complexity index is 482. The van der Waals surface area contributed by atoms with Gasteiger partial charge in [0.2, 0.25) is 6.79 Å². The van der Waals surface area contributed by atoms with Crippen LogP contribution in [0.5, 0.6) is 11.5 Å².